The lowest BCUT2D eigenvalue weighted by Gasteiger charge is -2.22. The molecule has 0 amide bonds. The first-order valence-electron chi connectivity index (χ1n) is 5.20. The molecule has 4 N–H and O–H groups in total. The average molecular weight is 238 g/mol. The van der Waals surface area contributed by atoms with E-state index in [4.69, 9.17) is 14.6 Å². The number of nitrogens with one attached hydrogen (secondary N) is 1. The monoisotopic (exact) mass is 238 g/mol. The number of nitrogens with zero attached hydrogens (tertiary/aromatic N) is 1. The molecule has 6 heteroatoms. The normalized spacial score (nSPS) is 11.9. The van der Waals surface area contributed by atoms with Crippen molar-refractivity contribution in [1.82, 2.24) is 4.98 Å². The van der Waals surface area contributed by atoms with Crippen LogP contribution in [0.15, 0.2) is 28.7 Å². The van der Waals surface area contributed by atoms with E-state index in [2.05, 4.69) is 10.3 Å². The van der Waals surface area contributed by atoms with Crippen molar-refractivity contribution in [3.63, 3.8) is 0 Å². The van der Waals surface area contributed by atoms with Gasteiger partial charge in [-0.3, -0.25) is 0 Å². The van der Waals surface area contributed by atoms with Crippen molar-refractivity contribution in [2.45, 2.75) is 5.60 Å². The lowest BCUT2D eigenvalue weighted by molar-refractivity contribution is -0.0444. The molecule has 0 saturated carbocycles. The van der Waals surface area contributed by atoms with Gasteiger partial charge in [0.1, 0.15) is 11.1 Å². The van der Waals surface area contributed by atoms with Crippen LogP contribution in [-0.4, -0.2) is 45.7 Å². The van der Waals surface area contributed by atoms with Crippen LogP contribution < -0.4 is 5.32 Å². The molecule has 0 fully saturated rings. The molecule has 0 aliphatic heterocycles. The summed E-state index contributed by atoms with van der Waals surface area (Å²) in [5.41, 5.74) is -0.251. The minimum Gasteiger partial charge on any atom is -0.424 e. The van der Waals surface area contributed by atoms with Crippen molar-refractivity contribution in [1.29, 1.82) is 0 Å². The van der Waals surface area contributed by atoms with Gasteiger partial charge in [-0.25, -0.2) is 0 Å². The molecule has 0 saturated heterocycles. The number of hydrogen-bond donors (Lipinski definition) is 4. The molecule has 1 aromatic carbocycles. The summed E-state index contributed by atoms with van der Waals surface area (Å²) in [6.45, 7) is -1.14. The Hall–Kier alpha value is -1.63. The average Bonchev–Trinajstić information content (AvgIpc) is 2.79. The number of aromatic nitrogens is 1. The van der Waals surface area contributed by atoms with Crippen molar-refractivity contribution in [2.24, 2.45) is 0 Å². The van der Waals surface area contributed by atoms with Crippen LogP contribution >= 0.6 is 0 Å². The molecule has 2 rings (SSSR count). The second kappa shape index (κ2) is 4.70. The number of para-hydroxylation sites is 2. The minimum atomic E-state index is -1.58. The maximum atomic E-state index is 9.63. The summed E-state index contributed by atoms with van der Waals surface area (Å²) in [6.07, 6.45) is 0. The first-order chi connectivity index (χ1) is 8.17. The Morgan fingerprint density at radius 2 is 1.94 bits per heavy atom. The Labute approximate surface area is 97.5 Å². The van der Waals surface area contributed by atoms with E-state index in [0.717, 1.165) is 0 Å². The fourth-order valence-electron chi connectivity index (χ4n) is 1.35. The van der Waals surface area contributed by atoms with Gasteiger partial charge in [0, 0.05) is 0 Å². The molecule has 0 atom stereocenters. The number of hydrogen-bond acceptors (Lipinski definition) is 6. The van der Waals surface area contributed by atoms with Crippen molar-refractivity contribution < 1.29 is 19.7 Å². The first-order valence-corrected chi connectivity index (χ1v) is 5.20. The highest BCUT2D eigenvalue weighted by Gasteiger charge is 2.25. The first kappa shape index (κ1) is 11.8. The molecule has 92 valence electrons. The summed E-state index contributed by atoms with van der Waals surface area (Å²) in [4.78, 5) is 4.13. The van der Waals surface area contributed by atoms with E-state index in [1.165, 1.54) is 0 Å². The maximum Gasteiger partial charge on any atom is 0.295 e. The van der Waals surface area contributed by atoms with Gasteiger partial charge in [-0.15, -0.1) is 0 Å². The third-order valence-electron chi connectivity index (χ3n) is 2.45. The second-order valence-corrected chi connectivity index (χ2v) is 3.88. The van der Waals surface area contributed by atoms with E-state index in [0.29, 0.717) is 11.1 Å². The fraction of sp³-hybridized carbons (Fsp3) is 0.364. The number of fused-ring (bicyclic) bond motifs is 1. The summed E-state index contributed by atoms with van der Waals surface area (Å²) in [5.74, 6) is 0. The molecule has 6 nitrogen and oxygen atoms in total. The van der Waals surface area contributed by atoms with Gasteiger partial charge in [-0.05, 0) is 12.1 Å². The molecule has 0 aliphatic rings. The van der Waals surface area contributed by atoms with Crippen LogP contribution in [-0.2, 0) is 0 Å². The Kier molecular flexibility index (Phi) is 3.28. The van der Waals surface area contributed by atoms with E-state index in [1.54, 1.807) is 12.1 Å². The number of aliphatic hydroxyl groups is 3. The van der Waals surface area contributed by atoms with Gasteiger partial charge in [0.05, 0.1) is 19.8 Å². The molecule has 0 spiro atoms. The molecule has 1 aromatic heterocycles. The number of benzene rings is 1. The van der Waals surface area contributed by atoms with E-state index in [1.807, 2.05) is 12.1 Å². The van der Waals surface area contributed by atoms with Crippen LogP contribution in [0, 0.1) is 0 Å². The molecule has 1 heterocycles. The Bertz CT molecular complexity index is 460. The quantitative estimate of drug-likeness (QED) is 0.583. The predicted octanol–water partition coefficient (Wildman–Crippen LogP) is -0.0446. The Morgan fingerprint density at radius 1 is 1.24 bits per heavy atom. The van der Waals surface area contributed by atoms with E-state index in [9.17, 15) is 5.11 Å². The zero-order valence-electron chi connectivity index (χ0n) is 9.13. The summed E-state index contributed by atoms with van der Waals surface area (Å²) < 4.78 is 5.36. The highest BCUT2D eigenvalue weighted by atomic mass is 16.4. The predicted molar refractivity (Wildman–Crippen MR) is 61.6 cm³/mol. The highest BCUT2D eigenvalue weighted by molar-refractivity contribution is 5.74. The third-order valence-corrected chi connectivity index (χ3v) is 2.45. The van der Waals surface area contributed by atoms with Gasteiger partial charge in [0.2, 0.25) is 0 Å². The van der Waals surface area contributed by atoms with E-state index < -0.39 is 18.8 Å². The largest absolute Gasteiger partial charge is 0.424 e. The fourth-order valence-corrected chi connectivity index (χ4v) is 1.35. The molecule has 0 aliphatic carbocycles. The lowest BCUT2D eigenvalue weighted by atomic mass is 10.1. The molecule has 2 aromatic rings. The third kappa shape index (κ3) is 2.55. The molecular formula is C11H14N2O4. The zero-order valence-corrected chi connectivity index (χ0v) is 9.13. The van der Waals surface area contributed by atoms with Gasteiger partial charge < -0.3 is 25.1 Å². The topological polar surface area (TPSA) is 98.8 Å². The number of anilines is 1. The van der Waals surface area contributed by atoms with Crippen molar-refractivity contribution in [3.05, 3.63) is 24.3 Å². The van der Waals surface area contributed by atoms with Crippen LogP contribution in [0.4, 0.5) is 6.01 Å². The molecule has 0 unspecified atom stereocenters. The Balaban J connectivity index is 2.09. The van der Waals surface area contributed by atoms with Crippen LogP contribution in [0.5, 0.6) is 0 Å². The summed E-state index contributed by atoms with van der Waals surface area (Å²) >= 11 is 0. The smallest absolute Gasteiger partial charge is 0.295 e. The van der Waals surface area contributed by atoms with Gasteiger partial charge >= 0.3 is 0 Å². The van der Waals surface area contributed by atoms with Crippen molar-refractivity contribution >= 4 is 17.1 Å². The summed E-state index contributed by atoms with van der Waals surface area (Å²) in [6, 6.07) is 7.49. The van der Waals surface area contributed by atoms with Crippen LogP contribution in [0.1, 0.15) is 0 Å². The van der Waals surface area contributed by atoms with Crippen LogP contribution in [0.3, 0.4) is 0 Å². The highest BCUT2D eigenvalue weighted by Crippen LogP contribution is 2.18. The minimum absolute atomic E-state index is 0.0488. The maximum absolute atomic E-state index is 9.63. The summed E-state index contributed by atoms with van der Waals surface area (Å²) in [7, 11) is 0. The number of aliphatic hydroxyl groups excluding tert-OH is 2. The summed E-state index contributed by atoms with van der Waals surface area (Å²) in [5, 5.41) is 30.2. The standard InChI is InChI=1S/C11H14N2O4/c14-6-11(16,7-15)5-12-10-13-8-3-1-2-4-9(8)17-10/h1-4,14-16H,5-7H2,(H,12,13). The number of rotatable bonds is 5. The second-order valence-electron chi connectivity index (χ2n) is 3.88. The van der Waals surface area contributed by atoms with Gasteiger partial charge in [-0.2, -0.15) is 4.98 Å². The van der Waals surface area contributed by atoms with Gasteiger partial charge in [-0.1, -0.05) is 12.1 Å². The molecular weight excluding hydrogens is 224 g/mol. The van der Waals surface area contributed by atoms with Gasteiger partial charge in [0.15, 0.2) is 5.58 Å². The van der Waals surface area contributed by atoms with Crippen LogP contribution in [0.2, 0.25) is 0 Å². The molecule has 0 bridgehead atoms. The molecule has 0 radical (unpaired) electrons. The van der Waals surface area contributed by atoms with Gasteiger partial charge in [0.25, 0.3) is 6.01 Å². The molecule has 17 heavy (non-hydrogen) atoms. The lowest BCUT2D eigenvalue weighted by Crippen LogP contribution is -2.44. The number of oxazole rings is 1. The Morgan fingerprint density at radius 3 is 2.59 bits per heavy atom. The van der Waals surface area contributed by atoms with Crippen molar-refractivity contribution in [2.75, 3.05) is 25.1 Å². The van der Waals surface area contributed by atoms with E-state index >= 15 is 0 Å². The van der Waals surface area contributed by atoms with Crippen molar-refractivity contribution in [3.8, 4) is 0 Å². The van der Waals surface area contributed by atoms with Crippen LogP contribution in [0.25, 0.3) is 11.1 Å². The SMILES string of the molecule is OCC(O)(CO)CNc1nc2ccccc2o1. The zero-order chi connectivity index (χ0) is 12.3. The van der Waals surface area contributed by atoms with E-state index in [-0.39, 0.29) is 12.6 Å².